The topological polar surface area (TPSA) is 75.6 Å². The first-order chi connectivity index (χ1) is 16.4. The van der Waals surface area contributed by atoms with Crippen molar-refractivity contribution in [1.82, 2.24) is 5.32 Å². The summed E-state index contributed by atoms with van der Waals surface area (Å²) >= 11 is 0. The molecular weight excluding hydrogens is 426 g/mol. The Morgan fingerprint density at radius 2 is 1.50 bits per heavy atom. The average molecular weight is 454 g/mol. The van der Waals surface area contributed by atoms with Crippen molar-refractivity contribution in [2.75, 3.05) is 6.61 Å². The van der Waals surface area contributed by atoms with E-state index in [1.54, 1.807) is 0 Å². The fraction of sp³-hybridized carbons (Fsp3) is 0.310. The van der Waals surface area contributed by atoms with Gasteiger partial charge in [0.15, 0.2) is 0 Å². The van der Waals surface area contributed by atoms with Crippen molar-refractivity contribution < 1.29 is 19.4 Å². The van der Waals surface area contributed by atoms with E-state index in [0.29, 0.717) is 0 Å². The summed E-state index contributed by atoms with van der Waals surface area (Å²) in [6.45, 7) is 2.23. The summed E-state index contributed by atoms with van der Waals surface area (Å²) in [5.41, 5.74) is 6.73. The van der Waals surface area contributed by atoms with Gasteiger partial charge in [-0.05, 0) is 59.4 Å². The van der Waals surface area contributed by atoms with Gasteiger partial charge in [-0.15, -0.1) is 0 Å². The standard InChI is InChI=1S/C29H27NO4/c1-18-10-12-19(13-11-18)28-15-29(16-28,17-28)25(26(31)32)30-27(33)34-14-24-22-8-4-2-6-20(22)21-7-3-5-9-23(21)24/h2-13,24-25H,14-17H2,1H3,(H,30,33)(H,31,32). The molecule has 0 heterocycles. The van der Waals surface area contributed by atoms with Crippen LogP contribution in [0.25, 0.3) is 11.1 Å². The Morgan fingerprint density at radius 1 is 0.941 bits per heavy atom. The predicted molar refractivity (Wildman–Crippen MR) is 129 cm³/mol. The summed E-state index contributed by atoms with van der Waals surface area (Å²) in [4.78, 5) is 24.8. The first-order valence-electron chi connectivity index (χ1n) is 11.8. The molecular formula is C29H27NO4. The second kappa shape index (κ2) is 7.45. The number of alkyl carbamates (subject to hydrolysis) is 1. The molecule has 0 saturated heterocycles. The number of amides is 1. The lowest BCUT2D eigenvalue weighted by Crippen LogP contribution is -2.73. The number of aliphatic carboxylic acids is 1. The number of fused-ring (bicyclic) bond motifs is 3. The first kappa shape index (κ1) is 21.0. The Morgan fingerprint density at radius 3 is 2.06 bits per heavy atom. The molecule has 5 heteroatoms. The molecule has 3 aromatic rings. The van der Waals surface area contributed by atoms with Crippen molar-refractivity contribution in [2.24, 2.45) is 5.41 Å². The largest absolute Gasteiger partial charge is 0.480 e. The lowest BCUT2D eigenvalue weighted by atomic mass is 9.31. The smallest absolute Gasteiger partial charge is 0.407 e. The number of carbonyl (C=O) groups excluding carboxylic acids is 1. The number of carbonyl (C=O) groups is 2. The third-order valence-electron chi connectivity index (χ3n) is 8.20. The summed E-state index contributed by atoms with van der Waals surface area (Å²) in [6, 6.07) is 23.9. The number of hydrogen-bond acceptors (Lipinski definition) is 3. The van der Waals surface area contributed by atoms with Crippen LogP contribution in [0.1, 0.15) is 47.4 Å². The summed E-state index contributed by atoms with van der Waals surface area (Å²) in [7, 11) is 0. The minimum absolute atomic E-state index is 0.0545. The molecule has 2 N–H and O–H groups in total. The zero-order valence-corrected chi connectivity index (χ0v) is 19.1. The molecule has 5 nitrogen and oxygen atoms in total. The first-order valence-corrected chi connectivity index (χ1v) is 11.8. The summed E-state index contributed by atoms with van der Waals surface area (Å²) in [5, 5.41) is 12.6. The van der Waals surface area contributed by atoms with Crippen LogP contribution in [-0.4, -0.2) is 29.8 Å². The SMILES string of the molecule is Cc1ccc(C23CC(C(NC(=O)OCC4c5ccccc5-c5ccccc54)C(=O)O)(C2)C3)cc1. The highest BCUT2D eigenvalue weighted by Crippen LogP contribution is 2.75. The monoisotopic (exact) mass is 453 g/mol. The second-order valence-corrected chi connectivity index (χ2v) is 10.3. The lowest BCUT2D eigenvalue weighted by molar-refractivity contribution is -0.183. The summed E-state index contributed by atoms with van der Waals surface area (Å²) < 4.78 is 5.61. The fourth-order valence-corrected chi connectivity index (χ4v) is 6.62. The van der Waals surface area contributed by atoms with Crippen LogP contribution in [-0.2, 0) is 14.9 Å². The molecule has 172 valence electrons. The molecule has 7 rings (SSSR count). The Balaban J connectivity index is 1.12. The highest BCUT2D eigenvalue weighted by molar-refractivity contribution is 5.82. The van der Waals surface area contributed by atoms with E-state index in [1.165, 1.54) is 11.1 Å². The normalized spacial score (nSPS) is 24.7. The number of ether oxygens (including phenoxy) is 1. The Bertz CT molecular complexity index is 1230. The maximum absolute atomic E-state index is 12.7. The van der Waals surface area contributed by atoms with Crippen molar-refractivity contribution >= 4 is 12.1 Å². The van der Waals surface area contributed by atoms with Crippen LogP contribution >= 0.6 is 0 Å². The molecule has 1 atom stereocenters. The molecule has 34 heavy (non-hydrogen) atoms. The van der Waals surface area contributed by atoms with Crippen LogP contribution in [0.3, 0.4) is 0 Å². The molecule has 0 radical (unpaired) electrons. The van der Waals surface area contributed by atoms with Gasteiger partial charge in [0.1, 0.15) is 12.6 Å². The molecule has 0 aliphatic heterocycles. The number of aryl methyl sites for hydroxylation is 1. The van der Waals surface area contributed by atoms with Gasteiger partial charge >= 0.3 is 12.1 Å². The molecule has 3 aromatic carbocycles. The minimum Gasteiger partial charge on any atom is -0.480 e. The molecule has 2 bridgehead atoms. The third-order valence-corrected chi connectivity index (χ3v) is 8.20. The predicted octanol–water partition coefficient (Wildman–Crippen LogP) is 5.41. The van der Waals surface area contributed by atoms with Crippen molar-refractivity contribution in [3.8, 4) is 11.1 Å². The van der Waals surface area contributed by atoms with E-state index in [4.69, 9.17) is 4.74 Å². The fourth-order valence-electron chi connectivity index (χ4n) is 6.62. The van der Waals surface area contributed by atoms with Crippen LogP contribution < -0.4 is 5.32 Å². The maximum atomic E-state index is 12.7. The van der Waals surface area contributed by atoms with Gasteiger partial charge < -0.3 is 15.2 Å². The average Bonchev–Trinajstić information content (AvgIpc) is 3.10. The molecule has 0 spiro atoms. The molecule has 1 unspecified atom stereocenters. The van der Waals surface area contributed by atoms with E-state index < -0.39 is 18.1 Å². The van der Waals surface area contributed by atoms with Gasteiger partial charge in [0.2, 0.25) is 0 Å². The molecule has 4 aliphatic carbocycles. The number of hydrogen-bond donors (Lipinski definition) is 2. The summed E-state index contributed by atoms with van der Waals surface area (Å²) in [6.07, 6.45) is 1.68. The number of rotatable bonds is 6. The highest BCUT2D eigenvalue weighted by atomic mass is 16.5. The molecule has 3 saturated carbocycles. The van der Waals surface area contributed by atoms with E-state index >= 15 is 0 Å². The number of benzene rings is 3. The van der Waals surface area contributed by atoms with Gasteiger partial charge in [0.05, 0.1) is 0 Å². The molecule has 3 fully saturated rings. The van der Waals surface area contributed by atoms with Crippen molar-refractivity contribution in [3.63, 3.8) is 0 Å². The van der Waals surface area contributed by atoms with Crippen LogP contribution in [0.5, 0.6) is 0 Å². The van der Waals surface area contributed by atoms with Gasteiger partial charge in [0, 0.05) is 11.3 Å². The number of carboxylic acids is 1. The van der Waals surface area contributed by atoms with Crippen LogP contribution in [0.4, 0.5) is 4.79 Å². The quantitative estimate of drug-likeness (QED) is 0.523. The minimum atomic E-state index is -0.995. The number of carboxylic acid groups (broad SMARTS) is 1. The Kier molecular flexibility index (Phi) is 4.60. The molecule has 4 aliphatic rings. The lowest BCUT2D eigenvalue weighted by Gasteiger charge is -2.72. The van der Waals surface area contributed by atoms with Crippen LogP contribution in [0.2, 0.25) is 0 Å². The third kappa shape index (κ3) is 3.07. The van der Waals surface area contributed by atoms with E-state index in [2.05, 4.69) is 60.8 Å². The number of nitrogens with one attached hydrogen (secondary N) is 1. The Hall–Kier alpha value is -3.60. The molecule has 0 aromatic heterocycles. The van der Waals surface area contributed by atoms with E-state index in [0.717, 1.165) is 41.5 Å². The van der Waals surface area contributed by atoms with Gasteiger partial charge in [-0.3, -0.25) is 0 Å². The van der Waals surface area contributed by atoms with Gasteiger partial charge in [-0.2, -0.15) is 0 Å². The van der Waals surface area contributed by atoms with Crippen molar-refractivity contribution in [3.05, 3.63) is 95.1 Å². The van der Waals surface area contributed by atoms with Gasteiger partial charge in [-0.25, -0.2) is 9.59 Å². The van der Waals surface area contributed by atoms with Crippen molar-refractivity contribution in [2.45, 2.75) is 43.6 Å². The zero-order valence-electron chi connectivity index (χ0n) is 19.1. The maximum Gasteiger partial charge on any atom is 0.407 e. The second-order valence-electron chi connectivity index (χ2n) is 10.3. The zero-order chi connectivity index (χ0) is 23.5. The van der Waals surface area contributed by atoms with E-state index in [1.807, 2.05) is 24.3 Å². The summed E-state index contributed by atoms with van der Waals surface area (Å²) in [5.74, 6) is -1.05. The Labute approximate surface area is 198 Å². The molecule has 1 amide bonds. The van der Waals surface area contributed by atoms with Gasteiger partial charge in [0.25, 0.3) is 0 Å². The van der Waals surface area contributed by atoms with E-state index in [-0.39, 0.29) is 23.4 Å². The van der Waals surface area contributed by atoms with E-state index in [9.17, 15) is 14.7 Å². The van der Waals surface area contributed by atoms with Gasteiger partial charge in [-0.1, -0.05) is 78.4 Å². The van der Waals surface area contributed by atoms with Crippen LogP contribution in [0, 0.1) is 12.3 Å². The van der Waals surface area contributed by atoms with Crippen LogP contribution in [0.15, 0.2) is 72.8 Å². The van der Waals surface area contributed by atoms with Crippen molar-refractivity contribution in [1.29, 1.82) is 0 Å². The highest BCUT2D eigenvalue weighted by Gasteiger charge is 2.72.